The Morgan fingerprint density at radius 1 is 1.06 bits per heavy atom. The molecule has 4 rings (SSSR count). The van der Waals surface area contributed by atoms with E-state index < -0.39 is 0 Å². The molecule has 1 aliphatic heterocycles. The molecular weight excluding hydrogens is 394 g/mol. The van der Waals surface area contributed by atoms with Crippen molar-refractivity contribution in [2.45, 2.75) is 38.8 Å². The van der Waals surface area contributed by atoms with Crippen molar-refractivity contribution < 1.29 is 14.3 Å². The lowest BCUT2D eigenvalue weighted by Gasteiger charge is -2.23. The number of nitrogens with zero attached hydrogens (tertiary/aromatic N) is 4. The smallest absolute Gasteiger partial charge is 0.326 e. The molecule has 0 saturated heterocycles. The Kier molecular flexibility index (Phi) is 6.35. The third kappa shape index (κ3) is 4.79. The van der Waals surface area contributed by atoms with Gasteiger partial charge >= 0.3 is 6.03 Å². The average molecular weight is 422 g/mol. The molecule has 2 amide bonds. The van der Waals surface area contributed by atoms with Crippen molar-refractivity contribution in [1.29, 1.82) is 0 Å². The second kappa shape index (κ2) is 9.51. The van der Waals surface area contributed by atoms with Crippen LogP contribution in [0.25, 0.3) is 0 Å². The van der Waals surface area contributed by atoms with Crippen molar-refractivity contribution in [3.63, 3.8) is 0 Å². The summed E-state index contributed by atoms with van der Waals surface area (Å²) in [6.07, 6.45) is 4.34. The van der Waals surface area contributed by atoms with Crippen LogP contribution in [0.1, 0.15) is 30.9 Å². The van der Waals surface area contributed by atoms with E-state index in [0.717, 1.165) is 43.1 Å². The molecule has 8 nitrogen and oxygen atoms in total. The van der Waals surface area contributed by atoms with Gasteiger partial charge in [-0.15, -0.1) is 0 Å². The number of fused-ring (bicyclic) bond motifs is 1. The predicted octanol–water partition coefficient (Wildman–Crippen LogP) is 4.26. The number of ether oxygens (including phenoxy) is 2. The number of amides is 2. The Morgan fingerprint density at radius 2 is 1.87 bits per heavy atom. The number of benzene rings is 2. The van der Waals surface area contributed by atoms with Gasteiger partial charge in [0.2, 0.25) is 0 Å². The van der Waals surface area contributed by atoms with Crippen LogP contribution in [-0.4, -0.2) is 35.0 Å². The van der Waals surface area contributed by atoms with E-state index >= 15 is 0 Å². The maximum absolute atomic E-state index is 13.3. The molecule has 1 aliphatic rings. The Morgan fingerprint density at radius 3 is 2.65 bits per heavy atom. The van der Waals surface area contributed by atoms with Crippen LogP contribution in [0.4, 0.5) is 16.2 Å². The van der Waals surface area contributed by atoms with Crippen molar-refractivity contribution in [3.8, 4) is 11.5 Å². The normalized spacial score (nSPS) is 13.1. The van der Waals surface area contributed by atoms with Gasteiger partial charge in [-0.2, -0.15) is 5.10 Å². The summed E-state index contributed by atoms with van der Waals surface area (Å²) in [4.78, 5) is 19.6. The Bertz CT molecular complexity index is 1010. The highest BCUT2D eigenvalue weighted by molar-refractivity contribution is 6.02. The first-order valence-corrected chi connectivity index (χ1v) is 10.5. The number of carbonyl (C=O) groups excluding carboxylic acids is 1. The van der Waals surface area contributed by atoms with Gasteiger partial charge in [-0.3, -0.25) is 4.90 Å². The van der Waals surface area contributed by atoms with E-state index in [0.29, 0.717) is 17.3 Å². The van der Waals surface area contributed by atoms with Gasteiger partial charge in [0.05, 0.1) is 26.5 Å². The number of urea groups is 1. The second-order valence-electron chi connectivity index (χ2n) is 7.39. The molecule has 8 heteroatoms. The lowest BCUT2D eigenvalue weighted by Crippen LogP contribution is -2.35. The summed E-state index contributed by atoms with van der Waals surface area (Å²) < 4.78 is 12.6. The molecule has 1 aromatic heterocycles. The highest BCUT2D eigenvalue weighted by Crippen LogP contribution is 2.26. The maximum Gasteiger partial charge on any atom is 0.326 e. The van der Waals surface area contributed by atoms with E-state index in [4.69, 9.17) is 14.5 Å². The topological polar surface area (TPSA) is 81.5 Å². The summed E-state index contributed by atoms with van der Waals surface area (Å²) in [6.45, 7) is 1.13. The monoisotopic (exact) mass is 421 g/mol. The zero-order chi connectivity index (χ0) is 21.6. The van der Waals surface area contributed by atoms with Crippen LogP contribution in [0.5, 0.6) is 11.5 Å². The lowest BCUT2D eigenvalue weighted by molar-refractivity contribution is 0.256. The van der Waals surface area contributed by atoms with Crippen molar-refractivity contribution in [1.82, 2.24) is 14.8 Å². The fourth-order valence-electron chi connectivity index (χ4n) is 3.69. The minimum Gasteiger partial charge on any atom is -0.497 e. The fourth-order valence-corrected chi connectivity index (χ4v) is 3.69. The zero-order valence-electron chi connectivity index (χ0n) is 17.9. The Balaban J connectivity index is 1.61. The summed E-state index contributed by atoms with van der Waals surface area (Å²) in [5.41, 5.74) is 1.32. The van der Waals surface area contributed by atoms with Crippen molar-refractivity contribution in [2.75, 3.05) is 24.4 Å². The number of rotatable bonds is 6. The Hall–Kier alpha value is -3.55. The molecule has 3 aromatic rings. The molecule has 0 fully saturated rings. The summed E-state index contributed by atoms with van der Waals surface area (Å²) >= 11 is 0. The molecule has 0 spiro atoms. The quantitative estimate of drug-likeness (QED) is 0.643. The van der Waals surface area contributed by atoms with Crippen molar-refractivity contribution >= 4 is 17.4 Å². The third-order valence-corrected chi connectivity index (χ3v) is 5.34. The van der Waals surface area contributed by atoms with E-state index in [1.54, 1.807) is 31.3 Å². The number of aryl methyl sites for hydroxylation is 2. The first kappa shape index (κ1) is 20.7. The Labute approximate surface area is 181 Å². The van der Waals surface area contributed by atoms with Crippen LogP contribution in [0.2, 0.25) is 0 Å². The molecule has 2 heterocycles. The second-order valence-corrected chi connectivity index (χ2v) is 7.39. The van der Waals surface area contributed by atoms with Gasteiger partial charge in [0.25, 0.3) is 0 Å². The maximum atomic E-state index is 13.3. The predicted molar refractivity (Wildman–Crippen MR) is 119 cm³/mol. The number of anilines is 2. The fraction of sp³-hybridized carbons (Fsp3) is 0.348. The number of nitrogens with one attached hydrogen (secondary N) is 1. The number of hydrogen-bond acceptors (Lipinski definition) is 5. The third-order valence-electron chi connectivity index (χ3n) is 5.34. The molecule has 0 atom stereocenters. The molecular formula is C23H27N5O3. The van der Waals surface area contributed by atoms with Crippen LogP contribution in [0.15, 0.2) is 48.5 Å². The first-order valence-electron chi connectivity index (χ1n) is 10.5. The summed E-state index contributed by atoms with van der Waals surface area (Å²) in [5.74, 6) is 2.94. The van der Waals surface area contributed by atoms with Gasteiger partial charge in [-0.05, 0) is 49.2 Å². The standard InChI is InChI=1S/C23H27N5O3/c1-30-18-13-11-17(12-14-18)27(23(29)24-19-8-5-6-9-20(19)31-2)16-21-25-22-10-4-3-7-15-28(22)26-21/h5-6,8-9,11-14H,3-4,7,10,15-16H2,1-2H3,(H,24,29). The molecule has 0 saturated carbocycles. The number of carbonyl (C=O) groups is 1. The number of hydrogen-bond donors (Lipinski definition) is 1. The van der Waals surface area contributed by atoms with Crippen LogP contribution in [0, 0.1) is 0 Å². The lowest BCUT2D eigenvalue weighted by atomic mass is 10.2. The summed E-state index contributed by atoms with van der Waals surface area (Å²) in [5, 5.41) is 7.62. The molecule has 0 aliphatic carbocycles. The molecule has 1 N–H and O–H groups in total. The van der Waals surface area contributed by atoms with Crippen molar-refractivity contribution in [3.05, 3.63) is 60.2 Å². The molecule has 0 radical (unpaired) electrons. The van der Waals surface area contributed by atoms with E-state index in [9.17, 15) is 4.79 Å². The average Bonchev–Trinajstić information content (AvgIpc) is 3.06. The van der Waals surface area contributed by atoms with E-state index in [2.05, 4.69) is 10.4 Å². The van der Waals surface area contributed by atoms with Gasteiger partial charge in [0.1, 0.15) is 17.3 Å². The summed E-state index contributed by atoms with van der Waals surface area (Å²) in [6, 6.07) is 14.4. The summed E-state index contributed by atoms with van der Waals surface area (Å²) in [7, 11) is 3.19. The van der Waals surface area contributed by atoms with Gasteiger partial charge < -0.3 is 14.8 Å². The van der Waals surface area contributed by atoms with Crippen LogP contribution in [-0.2, 0) is 19.5 Å². The van der Waals surface area contributed by atoms with Crippen LogP contribution in [0.3, 0.4) is 0 Å². The number of aromatic nitrogens is 3. The van der Waals surface area contributed by atoms with Crippen LogP contribution < -0.4 is 19.7 Å². The van der Waals surface area contributed by atoms with Crippen LogP contribution >= 0.6 is 0 Å². The van der Waals surface area contributed by atoms with Crippen molar-refractivity contribution in [2.24, 2.45) is 0 Å². The molecule has 0 bridgehead atoms. The van der Waals surface area contributed by atoms with Gasteiger partial charge in [-0.25, -0.2) is 14.5 Å². The zero-order valence-corrected chi connectivity index (χ0v) is 17.9. The molecule has 0 unspecified atom stereocenters. The molecule has 162 valence electrons. The van der Waals surface area contributed by atoms with Gasteiger partial charge in [0.15, 0.2) is 5.82 Å². The minimum atomic E-state index is -0.292. The molecule has 2 aromatic carbocycles. The SMILES string of the molecule is COc1ccc(N(Cc2nc3n(n2)CCCCC3)C(=O)Nc2ccccc2OC)cc1. The minimum absolute atomic E-state index is 0.257. The largest absolute Gasteiger partial charge is 0.497 e. The highest BCUT2D eigenvalue weighted by atomic mass is 16.5. The number of para-hydroxylation sites is 2. The number of methoxy groups -OCH3 is 2. The van der Waals surface area contributed by atoms with E-state index in [-0.39, 0.29) is 12.6 Å². The van der Waals surface area contributed by atoms with Gasteiger partial charge in [-0.1, -0.05) is 18.6 Å². The first-order chi connectivity index (χ1) is 15.2. The molecule has 31 heavy (non-hydrogen) atoms. The van der Waals surface area contributed by atoms with E-state index in [1.807, 2.05) is 41.1 Å². The van der Waals surface area contributed by atoms with Gasteiger partial charge in [0, 0.05) is 18.7 Å². The van der Waals surface area contributed by atoms with E-state index in [1.165, 1.54) is 6.42 Å². The highest BCUT2D eigenvalue weighted by Gasteiger charge is 2.21.